The molecule has 0 atom stereocenters. The molecular weight excluding hydrogens is 246 g/mol. The molecule has 16 heavy (non-hydrogen) atoms. The van der Waals surface area contributed by atoms with Crippen LogP contribution in [-0.4, -0.2) is 33.9 Å². The van der Waals surface area contributed by atoms with E-state index in [4.69, 9.17) is 23.8 Å². The molecular formula is C10H10ClN3OS. The highest BCUT2D eigenvalue weighted by Gasteiger charge is 2.22. The van der Waals surface area contributed by atoms with Gasteiger partial charge >= 0.3 is 0 Å². The molecule has 0 radical (unpaired) electrons. The summed E-state index contributed by atoms with van der Waals surface area (Å²) in [6.45, 7) is 1.87. The molecule has 1 aromatic rings. The topological polar surface area (TPSA) is 45.2 Å². The molecule has 6 heteroatoms. The minimum absolute atomic E-state index is 0.129. The Kier molecular flexibility index (Phi) is 3.36. The summed E-state index contributed by atoms with van der Waals surface area (Å²) >= 11 is 10.6. The molecule has 1 aromatic heterocycles. The zero-order valence-electron chi connectivity index (χ0n) is 8.44. The molecule has 0 saturated carbocycles. The molecule has 0 aromatic carbocycles. The van der Waals surface area contributed by atoms with Gasteiger partial charge in [-0.1, -0.05) is 29.9 Å². The average Bonchev–Trinajstić information content (AvgIpc) is 2.28. The van der Waals surface area contributed by atoms with Crippen molar-refractivity contribution in [1.82, 2.24) is 15.2 Å². The van der Waals surface area contributed by atoms with E-state index in [2.05, 4.69) is 10.3 Å². The third-order valence-electron chi connectivity index (χ3n) is 2.31. The van der Waals surface area contributed by atoms with E-state index in [0.717, 1.165) is 5.56 Å². The molecule has 1 amide bonds. The number of hydrogen-bond donors (Lipinski definition) is 1. The number of hydrogen-bond acceptors (Lipinski definition) is 3. The zero-order valence-corrected chi connectivity index (χ0v) is 10.0. The lowest BCUT2D eigenvalue weighted by atomic mass is 10.2. The van der Waals surface area contributed by atoms with Gasteiger partial charge in [0.25, 0.3) is 5.91 Å². The monoisotopic (exact) mass is 255 g/mol. The number of pyridine rings is 1. The van der Waals surface area contributed by atoms with Gasteiger partial charge in [-0.2, -0.15) is 0 Å². The van der Waals surface area contributed by atoms with E-state index in [1.807, 2.05) is 6.07 Å². The Morgan fingerprint density at radius 1 is 1.56 bits per heavy atom. The van der Waals surface area contributed by atoms with Gasteiger partial charge in [0.2, 0.25) is 0 Å². The summed E-state index contributed by atoms with van der Waals surface area (Å²) in [6.07, 6.45) is 1.67. The number of carbonyl (C=O) groups excluding carboxylic acids is 1. The van der Waals surface area contributed by atoms with Crippen molar-refractivity contribution in [3.8, 4) is 0 Å². The summed E-state index contributed by atoms with van der Waals surface area (Å²) in [5.41, 5.74) is 0.947. The van der Waals surface area contributed by atoms with Crippen LogP contribution in [0.3, 0.4) is 0 Å². The van der Waals surface area contributed by atoms with E-state index in [9.17, 15) is 4.79 Å². The van der Waals surface area contributed by atoms with Gasteiger partial charge in [-0.25, -0.2) is 4.98 Å². The number of piperazine rings is 1. The molecule has 1 N–H and O–H groups in total. The summed E-state index contributed by atoms with van der Waals surface area (Å²) < 4.78 is 0. The van der Waals surface area contributed by atoms with Crippen LogP contribution in [0.15, 0.2) is 18.3 Å². The lowest BCUT2D eigenvalue weighted by Gasteiger charge is -2.27. The van der Waals surface area contributed by atoms with E-state index in [1.54, 1.807) is 17.2 Å². The Hall–Kier alpha value is -1.20. The van der Waals surface area contributed by atoms with Gasteiger partial charge in [0.05, 0.1) is 0 Å². The quantitative estimate of drug-likeness (QED) is 0.633. The van der Waals surface area contributed by atoms with E-state index in [1.165, 1.54) is 0 Å². The molecule has 1 aliphatic heterocycles. The number of thiocarbonyl (C=S) groups is 1. The van der Waals surface area contributed by atoms with E-state index in [0.29, 0.717) is 24.8 Å². The normalized spacial score (nSPS) is 16.2. The molecule has 4 nitrogen and oxygen atoms in total. The Labute approximate surface area is 104 Å². The highest BCUT2D eigenvalue weighted by molar-refractivity contribution is 7.82. The summed E-state index contributed by atoms with van der Waals surface area (Å²) in [4.78, 5) is 17.6. The number of nitrogens with zero attached hydrogens (tertiary/aromatic N) is 2. The maximum atomic E-state index is 11.7. The van der Waals surface area contributed by atoms with Crippen molar-refractivity contribution in [1.29, 1.82) is 0 Å². The van der Waals surface area contributed by atoms with Gasteiger partial charge in [0, 0.05) is 25.8 Å². The van der Waals surface area contributed by atoms with E-state index in [-0.39, 0.29) is 10.9 Å². The van der Waals surface area contributed by atoms with Crippen molar-refractivity contribution < 1.29 is 4.79 Å². The number of aromatic nitrogens is 1. The minimum atomic E-state index is -0.129. The fourth-order valence-electron chi connectivity index (χ4n) is 1.50. The summed E-state index contributed by atoms with van der Waals surface area (Å²) in [5.74, 6) is -0.129. The molecule has 2 rings (SSSR count). The van der Waals surface area contributed by atoms with Crippen LogP contribution in [0.1, 0.15) is 5.56 Å². The van der Waals surface area contributed by atoms with Gasteiger partial charge in [-0.05, 0) is 11.6 Å². The molecule has 1 aliphatic rings. The third-order valence-corrected chi connectivity index (χ3v) is 2.85. The van der Waals surface area contributed by atoms with Crippen molar-refractivity contribution in [3.05, 3.63) is 29.0 Å². The van der Waals surface area contributed by atoms with Crippen LogP contribution in [0.2, 0.25) is 5.15 Å². The van der Waals surface area contributed by atoms with Crippen LogP contribution in [0.4, 0.5) is 0 Å². The lowest BCUT2D eigenvalue weighted by Crippen LogP contribution is -2.50. The van der Waals surface area contributed by atoms with Crippen molar-refractivity contribution >= 4 is 34.7 Å². The molecule has 0 bridgehead atoms. The first-order chi connectivity index (χ1) is 7.66. The number of halogens is 1. The Bertz CT molecular complexity index is 421. The van der Waals surface area contributed by atoms with E-state index >= 15 is 0 Å². The van der Waals surface area contributed by atoms with Crippen LogP contribution >= 0.6 is 23.8 Å². The Balaban J connectivity index is 2.06. The van der Waals surface area contributed by atoms with Crippen molar-refractivity contribution in [2.45, 2.75) is 6.54 Å². The smallest absolute Gasteiger partial charge is 0.281 e. The van der Waals surface area contributed by atoms with Gasteiger partial charge in [-0.15, -0.1) is 0 Å². The fraction of sp³-hybridized carbons (Fsp3) is 0.300. The summed E-state index contributed by atoms with van der Waals surface area (Å²) in [6, 6.07) is 3.57. The first-order valence-electron chi connectivity index (χ1n) is 4.84. The van der Waals surface area contributed by atoms with Crippen molar-refractivity contribution in [2.75, 3.05) is 13.1 Å². The molecule has 2 heterocycles. The maximum Gasteiger partial charge on any atom is 0.281 e. The molecule has 0 unspecified atom stereocenters. The zero-order chi connectivity index (χ0) is 11.5. The molecule has 1 saturated heterocycles. The van der Waals surface area contributed by atoms with Crippen molar-refractivity contribution in [3.63, 3.8) is 0 Å². The summed E-state index contributed by atoms with van der Waals surface area (Å²) in [7, 11) is 0. The fourth-order valence-corrected chi connectivity index (χ4v) is 1.84. The lowest BCUT2D eigenvalue weighted by molar-refractivity contribution is -0.125. The number of carbonyl (C=O) groups is 1. The van der Waals surface area contributed by atoms with Crippen LogP contribution in [0, 0.1) is 0 Å². The van der Waals surface area contributed by atoms with Gasteiger partial charge in [0.15, 0.2) is 4.99 Å². The molecule has 84 valence electrons. The van der Waals surface area contributed by atoms with Crippen LogP contribution in [-0.2, 0) is 11.3 Å². The first-order valence-corrected chi connectivity index (χ1v) is 5.63. The minimum Gasteiger partial charge on any atom is -0.370 e. The van der Waals surface area contributed by atoms with Gasteiger partial charge in [-0.3, -0.25) is 4.79 Å². The second-order valence-electron chi connectivity index (χ2n) is 3.47. The second kappa shape index (κ2) is 4.76. The predicted molar refractivity (Wildman–Crippen MR) is 65.3 cm³/mol. The Morgan fingerprint density at radius 3 is 3.06 bits per heavy atom. The molecule has 0 spiro atoms. The SMILES string of the molecule is O=C1C(=S)NCCN1Cc1ccc(Cl)nc1. The first kappa shape index (κ1) is 11.3. The highest BCUT2D eigenvalue weighted by atomic mass is 35.5. The summed E-state index contributed by atoms with van der Waals surface area (Å²) in [5, 5.41) is 3.31. The van der Waals surface area contributed by atoms with E-state index < -0.39 is 0 Å². The standard InChI is InChI=1S/C10H10ClN3OS/c11-8-2-1-7(5-13-8)6-14-4-3-12-9(16)10(14)15/h1-2,5H,3-4,6H2,(H,12,16). The third kappa shape index (κ3) is 2.48. The Morgan fingerprint density at radius 2 is 2.38 bits per heavy atom. The van der Waals surface area contributed by atoms with Crippen LogP contribution in [0.25, 0.3) is 0 Å². The van der Waals surface area contributed by atoms with Gasteiger partial charge in [0.1, 0.15) is 5.15 Å². The van der Waals surface area contributed by atoms with Crippen LogP contribution < -0.4 is 5.32 Å². The highest BCUT2D eigenvalue weighted by Crippen LogP contribution is 2.09. The largest absolute Gasteiger partial charge is 0.370 e. The van der Waals surface area contributed by atoms with Crippen molar-refractivity contribution in [2.24, 2.45) is 0 Å². The predicted octanol–water partition coefficient (Wildman–Crippen LogP) is 0.994. The average molecular weight is 256 g/mol. The number of amides is 1. The number of nitrogens with one attached hydrogen (secondary N) is 1. The second-order valence-corrected chi connectivity index (χ2v) is 4.27. The van der Waals surface area contributed by atoms with Crippen LogP contribution in [0.5, 0.6) is 0 Å². The molecule has 0 aliphatic carbocycles. The maximum absolute atomic E-state index is 11.7. The van der Waals surface area contributed by atoms with Gasteiger partial charge < -0.3 is 10.2 Å². The number of rotatable bonds is 2. The molecule has 1 fully saturated rings.